The van der Waals surface area contributed by atoms with E-state index in [-0.39, 0.29) is 10.4 Å². The summed E-state index contributed by atoms with van der Waals surface area (Å²) < 4.78 is 47.8. The van der Waals surface area contributed by atoms with Gasteiger partial charge in [-0.15, -0.1) is 0 Å². The van der Waals surface area contributed by atoms with Gasteiger partial charge in [0.25, 0.3) is 0 Å². The fourth-order valence-corrected chi connectivity index (χ4v) is 4.55. The van der Waals surface area contributed by atoms with Crippen molar-refractivity contribution in [2.75, 3.05) is 22.5 Å². The second kappa shape index (κ2) is 5.80. The number of sulfone groups is 1. The molecule has 0 amide bonds. The Morgan fingerprint density at radius 1 is 1.22 bits per heavy atom. The van der Waals surface area contributed by atoms with E-state index in [0.717, 1.165) is 6.26 Å². The van der Waals surface area contributed by atoms with Crippen LogP contribution in [0.1, 0.15) is 0 Å². The molecule has 1 aromatic heterocycles. The average molecular weight is 423 g/mol. The highest BCUT2D eigenvalue weighted by atomic mass is 79.9. The van der Waals surface area contributed by atoms with E-state index in [1.54, 1.807) is 0 Å². The number of sulfonamides is 1. The smallest absolute Gasteiger partial charge is 0.234 e. The molecule has 0 spiro atoms. The van der Waals surface area contributed by atoms with E-state index in [0.29, 0.717) is 4.60 Å². The topological polar surface area (TPSA) is 106 Å². The van der Waals surface area contributed by atoms with Crippen LogP contribution in [0.5, 0.6) is 0 Å². The Morgan fingerprint density at radius 2 is 1.83 bits per heavy atom. The van der Waals surface area contributed by atoms with Crippen molar-refractivity contribution >= 4 is 57.5 Å². The second-order valence-corrected chi connectivity index (χ2v) is 9.05. The number of hydrogen-bond acceptors (Lipinski definition) is 6. The fourth-order valence-electron chi connectivity index (χ4n) is 0.875. The first kappa shape index (κ1) is 15.8. The SMILES string of the molecule is CS(=O)(=O)CCS(=O)(=O)Nc1ncc(Br)nc1Br. The lowest BCUT2D eigenvalue weighted by Gasteiger charge is -2.07. The summed E-state index contributed by atoms with van der Waals surface area (Å²) in [5.74, 6) is -0.980. The van der Waals surface area contributed by atoms with Crippen LogP contribution in [-0.4, -0.2) is 44.6 Å². The molecule has 11 heteroatoms. The van der Waals surface area contributed by atoms with Crippen molar-refractivity contribution in [3.05, 3.63) is 15.4 Å². The number of hydrogen-bond donors (Lipinski definition) is 1. The Labute approximate surface area is 122 Å². The van der Waals surface area contributed by atoms with Gasteiger partial charge >= 0.3 is 0 Å². The second-order valence-electron chi connectivity index (χ2n) is 3.38. The van der Waals surface area contributed by atoms with Crippen molar-refractivity contribution < 1.29 is 16.8 Å². The summed E-state index contributed by atoms with van der Waals surface area (Å²) in [6.45, 7) is 0. The van der Waals surface area contributed by atoms with Gasteiger partial charge < -0.3 is 0 Å². The molecule has 0 aliphatic carbocycles. The van der Waals surface area contributed by atoms with Gasteiger partial charge in [-0.25, -0.2) is 26.8 Å². The van der Waals surface area contributed by atoms with Crippen LogP contribution < -0.4 is 4.72 Å². The zero-order valence-electron chi connectivity index (χ0n) is 9.09. The van der Waals surface area contributed by atoms with Crippen molar-refractivity contribution in [3.63, 3.8) is 0 Å². The highest BCUT2D eigenvalue weighted by molar-refractivity contribution is 9.11. The molecule has 0 fully saturated rings. The molecule has 0 bridgehead atoms. The summed E-state index contributed by atoms with van der Waals surface area (Å²) >= 11 is 6.11. The summed E-state index contributed by atoms with van der Waals surface area (Å²) in [6, 6.07) is 0. The molecule has 102 valence electrons. The number of nitrogens with one attached hydrogen (secondary N) is 1. The molecule has 0 unspecified atom stereocenters. The van der Waals surface area contributed by atoms with Gasteiger partial charge in [0.1, 0.15) is 14.4 Å². The third-order valence-corrected chi connectivity index (χ3v) is 5.06. The minimum Gasteiger partial charge on any atom is -0.265 e. The minimum absolute atomic E-state index is 0.00620. The first-order valence-corrected chi connectivity index (χ1v) is 9.75. The third-order valence-electron chi connectivity index (χ3n) is 1.68. The summed E-state index contributed by atoms with van der Waals surface area (Å²) in [5.41, 5.74) is 0. The third kappa shape index (κ3) is 5.59. The number of nitrogens with zero attached hydrogens (tertiary/aromatic N) is 2. The number of halogens is 2. The Bertz CT molecular complexity index is 645. The van der Waals surface area contributed by atoms with E-state index >= 15 is 0 Å². The van der Waals surface area contributed by atoms with Gasteiger partial charge in [-0.2, -0.15) is 0 Å². The summed E-state index contributed by atoms with van der Waals surface area (Å²) in [7, 11) is -7.12. The van der Waals surface area contributed by atoms with Crippen LogP contribution in [0.3, 0.4) is 0 Å². The normalized spacial score (nSPS) is 12.4. The van der Waals surface area contributed by atoms with Crippen LogP contribution in [0, 0.1) is 0 Å². The van der Waals surface area contributed by atoms with Crippen LogP contribution in [-0.2, 0) is 19.9 Å². The predicted octanol–water partition coefficient (Wildman–Crippen LogP) is 0.788. The highest BCUT2D eigenvalue weighted by Gasteiger charge is 2.17. The molecule has 0 radical (unpaired) electrons. The lowest BCUT2D eigenvalue weighted by molar-refractivity contribution is 0.593. The van der Waals surface area contributed by atoms with Crippen LogP contribution in [0.4, 0.5) is 5.82 Å². The van der Waals surface area contributed by atoms with E-state index in [2.05, 4.69) is 46.5 Å². The van der Waals surface area contributed by atoms with Crippen molar-refractivity contribution in [2.45, 2.75) is 0 Å². The van der Waals surface area contributed by atoms with Gasteiger partial charge in [0.2, 0.25) is 10.0 Å². The predicted molar refractivity (Wildman–Crippen MR) is 74.6 cm³/mol. The molecule has 1 N–H and O–H groups in total. The molecule has 1 rings (SSSR count). The number of rotatable bonds is 5. The van der Waals surface area contributed by atoms with Gasteiger partial charge in [0.15, 0.2) is 10.4 Å². The lowest BCUT2D eigenvalue weighted by Crippen LogP contribution is -2.23. The zero-order chi connectivity index (χ0) is 14.0. The van der Waals surface area contributed by atoms with Gasteiger partial charge in [-0.3, -0.25) is 4.72 Å². The highest BCUT2D eigenvalue weighted by Crippen LogP contribution is 2.20. The van der Waals surface area contributed by atoms with Crippen molar-refractivity contribution in [1.29, 1.82) is 0 Å². The van der Waals surface area contributed by atoms with Crippen molar-refractivity contribution in [1.82, 2.24) is 9.97 Å². The molecular weight excluding hydrogens is 414 g/mol. The van der Waals surface area contributed by atoms with Gasteiger partial charge in [0, 0.05) is 6.26 Å². The Hall–Kier alpha value is -0.260. The molecule has 0 aliphatic heterocycles. The Kier molecular flexibility index (Phi) is 5.09. The van der Waals surface area contributed by atoms with Crippen LogP contribution in [0.2, 0.25) is 0 Å². The van der Waals surface area contributed by atoms with Gasteiger partial charge in [0.05, 0.1) is 17.7 Å². The summed E-state index contributed by atoms with van der Waals surface area (Å²) in [5, 5.41) is 0. The molecule has 0 saturated heterocycles. The first-order valence-electron chi connectivity index (χ1n) is 4.45. The van der Waals surface area contributed by atoms with E-state index in [9.17, 15) is 16.8 Å². The van der Waals surface area contributed by atoms with Gasteiger partial charge in [-0.1, -0.05) is 0 Å². The van der Waals surface area contributed by atoms with E-state index in [1.807, 2.05) is 0 Å². The maximum Gasteiger partial charge on any atom is 0.234 e. The zero-order valence-corrected chi connectivity index (χ0v) is 13.9. The molecule has 18 heavy (non-hydrogen) atoms. The maximum atomic E-state index is 11.6. The molecule has 0 aromatic carbocycles. The van der Waals surface area contributed by atoms with Crippen LogP contribution in [0.25, 0.3) is 0 Å². The van der Waals surface area contributed by atoms with Crippen LogP contribution in [0.15, 0.2) is 15.4 Å². The summed E-state index contributed by atoms with van der Waals surface area (Å²) in [6.07, 6.45) is 2.29. The van der Waals surface area contributed by atoms with E-state index in [4.69, 9.17) is 0 Å². The molecule has 0 atom stereocenters. The first-order chi connectivity index (χ1) is 8.09. The van der Waals surface area contributed by atoms with Crippen LogP contribution >= 0.6 is 31.9 Å². The molecule has 0 aliphatic rings. The molecule has 1 aromatic rings. The Balaban J connectivity index is 2.83. The molecule has 7 nitrogen and oxygen atoms in total. The molecular formula is C7H9Br2N3O4S2. The minimum atomic E-state index is -3.78. The van der Waals surface area contributed by atoms with Crippen molar-refractivity contribution in [2.24, 2.45) is 0 Å². The number of anilines is 1. The Morgan fingerprint density at radius 3 is 2.33 bits per heavy atom. The van der Waals surface area contributed by atoms with Gasteiger partial charge in [-0.05, 0) is 31.9 Å². The van der Waals surface area contributed by atoms with E-state index in [1.165, 1.54) is 6.20 Å². The van der Waals surface area contributed by atoms with Crippen molar-refractivity contribution in [3.8, 4) is 0 Å². The quantitative estimate of drug-likeness (QED) is 0.751. The molecule has 1 heterocycles. The maximum absolute atomic E-state index is 11.6. The van der Waals surface area contributed by atoms with E-state index < -0.39 is 31.4 Å². The average Bonchev–Trinajstić information content (AvgIpc) is 2.19. The fraction of sp³-hybridized carbons (Fsp3) is 0.429. The summed E-state index contributed by atoms with van der Waals surface area (Å²) in [4.78, 5) is 7.70. The molecule has 0 saturated carbocycles. The lowest BCUT2D eigenvalue weighted by atomic mass is 10.7. The number of aromatic nitrogens is 2. The standard InChI is InChI=1S/C7H9Br2N3O4S2/c1-17(13,14)2-3-18(15,16)12-7-6(9)11-5(8)4-10-7/h4H,2-3H2,1H3,(H,10,12). The largest absolute Gasteiger partial charge is 0.265 e. The monoisotopic (exact) mass is 421 g/mol.